The number of hydrogen-bond acceptors (Lipinski definition) is 4. The summed E-state index contributed by atoms with van der Waals surface area (Å²) in [4.78, 5) is 6.58. The van der Waals surface area contributed by atoms with Gasteiger partial charge < -0.3 is 9.84 Å². The maximum Gasteiger partial charge on any atom is 0.120 e. The molecule has 0 amide bonds. The smallest absolute Gasteiger partial charge is 0.120 e. The van der Waals surface area contributed by atoms with Crippen LogP contribution in [0, 0.1) is 0 Å². The van der Waals surface area contributed by atoms with E-state index in [2.05, 4.69) is 9.88 Å². The number of aliphatic hydroxyl groups is 1. The molecule has 2 heterocycles. The molecule has 1 aliphatic heterocycles. The van der Waals surface area contributed by atoms with E-state index in [1.54, 1.807) is 18.3 Å². The first-order valence-electron chi connectivity index (χ1n) is 7.86. The molecule has 1 saturated heterocycles. The van der Waals surface area contributed by atoms with Gasteiger partial charge in [0.1, 0.15) is 18.0 Å². The maximum atomic E-state index is 10.8. The summed E-state index contributed by atoms with van der Waals surface area (Å²) in [7, 11) is 0. The molecular formula is C18H21ClN2O2. The van der Waals surface area contributed by atoms with Gasteiger partial charge in [-0.25, -0.2) is 0 Å². The highest BCUT2D eigenvalue weighted by molar-refractivity contribution is 6.30. The number of β-amino-alcohol motifs (C(OH)–C–C–N with tert-alkyl or cyclic N) is 1. The number of ether oxygens (including phenoxy) is 1. The van der Waals surface area contributed by atoms with E-state index in [0.29, 0.717) is 17.3 Å². The lowest BCUT2D eigenvalue weighted by atomic mass is 9.93. The third kappa shape index (κ3) is 4.67. The Bertz CT molecular complexity index is 638. The van der Waals surface area contributed by atoms with Gasteiger partial charge >= 0.3 is 0 Å². The van der Waals surface area contributed by atoms with Crippen LogP contribution in [0.1, 0.15) is 18.5 Å². The van der Waals surface area contributed by atoms with Crippen molar-refractivity contribution in [2.75, 3.05) is 19.7 Å². The van der Waals surface area contributed by atoms with Crippen LogP contribution in [-0.2, 0) is 6.54 Å². The van der Waals surface area contributed by atoms with Gasteiger partial charge in [-0.2, -0.15) is 0 Å². The molecule has 1 fully saturated rings. The molecule has 5 heteroatoms. The van der Waals surface area contributed by atoms with Crippen LogP contribution in [0.15, 0.2) is 48.7 Å². The highest BCUT2D eigenvalue weighted by atomic mass is 35.5. The predicted molar refractivity (Wildman–Crippen MR) is 90.6 cm³/mol. The second-order valence-corrected chi connectivity index (χ2v) is 6.54. The molecule has 1 atom stereocenters. The van der Waals surface area contributed by atoms with Crippen LogP contribution in [0.5, 0.6) is 5.75 Å². The van der Waals surface area contributed by atoms with Crippen molar-refractivity contribution in [2.45, 2.75) is 25.0 Å². The van der Waals surface area contributed by atoms with Gasteiger partial charge in [0.15, 0.2) is 0 Å². The zero-order valence-corrected chi connectivity index (χ0v) is 13.7. The predicted octanol–water partition coefficient (Wildman–Crippen LogP) is 3.14. The lowest BCUT2D eigenvalue weighted by molar-refractivity contribution is -0.0623. The van der Waals surface area contributed by atoms with E-state index in [1.165, 1.54) is 0 Å². The van der Waals surface area contributed by atoms with Crippen LogP contribution in [0.25, 0.3) is 0 Å². The van der Waals surface area contributed by atoms with Crippen LogP contribution in [0.2, 0.25) is 5.02 Å². The zero-order valence-electron chi connectivity index (χ0n) is 13.0. The number of aromatic nitrogens is 1. The standard InChI is InChI=1S/C18H21ClN2O2/c19-15-5-3-7-17(11-15)23-14-18(22)8-4-10-21(13-18)12-16-6-1-2-9-20-16/h1-3,5-7,9,11,22H,4,8,10,12-14H2. The Labute approximate surface area is 141 Å². The minimum absolute atomic E-state index is 0.270. The van der Waals surface area contributed by atoms with E-state index < -0.39 is 5.60 Å². The number of piperidine rings is 1. The fourth-order valence-electron chi connectivity index (χ4n) is 2.95. The van der Waals surface area contributed by atoms with Gasteiger partial charge in [0.2, 0.25) is 0 Å². The lowest BCUT2D eigenvalue weighted by Gasteiger charge is -2.38. The molecule has 4 nitrogen and oxygen atoms in total. The number of benzene rings is 1. The van der Waals surface area contributed by atoms with E-state index in [0.717, 1.165) is 31.6 Å². The Morgan fingerprint density at radius 1 is 1.26 bits per heavy atom. The van der Waals surface area contributed by atoms with E-state index in [4.69, 9.17) is 16.3 Å². The Morgan fingerprint density at radius 2 is 2.17 bits per heavy atom. The Hall–Kier alpha value is -1.62. The first-order valence-corrected chi connectivity index (χ1v) is 8.24. The van der Waals surface area contributed by atoms with E-state index in [1.807, 2.05) is 30.3 Å². The number of pyridine rings is 1. The van der Waals surface area contributed by atoms with Gasteiger partial charge in [0, 0.05) is 24.3 Å². The molecule has 0 radical (unpaired) electrons. The van der Waals surface area contributed by atoms with Gasteiger partial charge in [-0.05, 0) is 49.7 Å². The van der Waals surface area contributed by atoms with Gasteiger partial charge in [0.05, 0.1) is 5.69 Å². The lowest BCUT2D eigenvalue weighted by Crippen LogP contribution is -2.51. The second-order valence-electron chi connectivity index (χ2n) is 6.11. The summed E-state index contributed by atoms with van der Waals surface area (Å²) >= 11 is 5.96. The molecule has 1 aromatic heterocycles. The summed E-state index contributed by atoms with van der Waals surface area (Å²) in [5.41, 5.74) is 0.183. The summed E-state index contributed by atoms with van der Waals surface area (Å²) in [6.45, 7) is 2.58. The van der Waals surface area contributed by atoms with Gasteiger partial charge in [-0.3, -0.25) is 9.88 Å². The number of likely N-dealkylation sites (tertiary alicyclic amines) is 1. The largest absolute Gasteiger partial charge is 0.490 e. The summed E-state index contributed by atoms with van der Waals surface area (Å²) in [6.07, 6.45) is 3.49. The van der Waals surface area contributed by atoms with Crippen molar-refractivity contribution in [3.8, 4) is 5.75 Å². The first kappa shape index (κ1) is 16.2. The average Bonchev–Trinajstić information content (AvgIpc) is 2.54. The molecule has 0 saturated carbocycles. The van der Waals surface area contributed by atoms with Crippen molar-refractivity contribution < 1.29 is 9.84 Å². The summed E-state index contributed by atoms with van der Waals surface area (Å²) < 4.78 is 5.75. The summed E-state index contributed by atoms with van der Waals surface area (Å²) in [5.74, 6) is 0.688. The molecule has 1 aliphatic rings. The Kier molecular flexibility index (Phi) is 5.16. The van der Waals surface area contributed by atoms with Crippen LogP contribution in [0.3, 0.4) is 0 Å². The van der Waals surface area contributed by atoms with Gasteiger partial charge in [0.25, 0.3) is 0 Å². The molecule has 1 N–H and O–H groups in total. The molecule has 3 rings (SSSR count). The average molecular weight is 333 g/mol. The van der Waals surface area contributed by atoms with E-state index in [-0.39, 0.29) is 6.61 Å². The van der Waals surface area contributed by atoms with Crippen LogP contribution < -0.4 is 4.74 Å². The molecule has 122 valence electrons. The van der Waals surface area contributed by atoms with E-state index >= 15 is 0 Å². The molecule has 2 aromatic rings. The second kappa shape index (κ2) is 7.30. The van der Waals surface area contributed by atoms with Crippen molar-refractivity contribution in [3.63, 3.8) is 0 Å². The highest BCUT2D eigenvalue weighted by Crippen LogP contribution is 2.25. The van der Waals surface area contributed by atoms with Crippen LogP contribution in [-0.4, -0.2) is 40.3 Å². The summed E-state index contributed by atoms with van der Waals surface area (Å²) in [6, 6.07) is 13.2. The molecule has 23 heavy (non-hydrogen) atoms. The van der Waals surface area contributed by atoms with Crippen LogP contribution in [0.4, 0.5) is 0 Å². The fraction of sp³-hybridized carbons (Fsp3) is 0.389. The van der Waals surface area contributed by atoms with Crippen molar-refractivity contribution >= 4 is 11.6 Å². The number of halogens is 1. The normalized spacial score (nSPS) is 22.0. The Morgan fingerprint density at radius 3 is 2.96 bits per heavy atom. The number of rotatable bonds is 5. The number of nitrogens with zero attached hydrogens (tertiary/aromatic N) is 2. The minimum Gasteiger partial charge on any atom is -0.490 e. The minimum atomic E-state index is -0.838. The summed E-state index contributed by atoms with van der Waals surface area (Å²) in [5, 5.41) is 11.5. The quantitative estimate of drug-likeness (QED) is 0.913. The molecule has 0 aliphatic carbocycles. The van der Waals surface area contributed by atoms with Crippen molar-refractivity contribution in [1.29, 1.82) is 0 Å². The first-order chi connectivity index (χ1) is 11.1. The third-order valence-electron chi connectivity index (χ3n) is 4.05. The topological polar surface area (TPSA) is 45.6 Å². The van der Waals surface area contributed by atoms with Gasteiger partial charge in [-0.15, -0.1) is 0 Å². The highest BCUT2D eigenvalue weighted by Gasteiger charge is 2.34. The van der Waals surface area contributed by atoms with Gasteiger partial charge in [-0.1, -0.05) is 23.7 Å². The van der Waals surface area contributed by atoms with Crippen molar-refractivity contribution in [3.05, 3.63) is 59.4 Å². The van der Waals surface area contributed by atoms with Crippen molar-refractivity contribution in [1.82, 2.24) is 9.88 Å². The zero-order chi connectivity index (χ0) is 16.1. The van der Waals surface area contributed by atoms with Crippen LogP contribution >= 0.6 is 11.6 Å². The molecule has 0 bridgehead atoms. The number of hydrogen-bond donors (Lipinski definition) is 1. The van der Waals surface area contributed by atoms with E-state index in [9.17, 15) is 5.11 Å². The van der Waals surface area contributed by atoms with Crippen molar-refractivity contribution in [2.24, 2.45) is 0 Å². The molecule has 0 spiro atoms. The fourth-order valence-corrected chi connectivity index (χ4v) is 3.13. The molecular weight excluding hydrogens is 312 g/mol. The molecule has 1 unspecified atom stereocenters. The monoisotopic (exact) mass is 332 g/mol. The molecule has 1 aromatic carbocycles. The maximum absolute atomic E-state index is 10.8. The SMILES string of the molecule is OC1(COc2cccc(Cl)c2)CCCN(Cc2ccccn2)C1. The third-order valence-corrected chi connectivity index (χ3v) is 4.28. The Balaban J connectivity index is 1.58.